The summed E-state index contributed by atoms with van der Waals surface area (Å²) in [6.45, 7) is 1.83. The Morgan fingerprint density at radius 2 is 1.96 bits per heavy atom. The number of nitrogens with zero attached hydrogens (tertiary/aromatic N) is 2. The summed E-state index contributed by atoms with van der Waals surface area (Å²) in [5.74, 6) is -1.68. The van der Waals surface area contributed by atoms with Crippen LogP contribution in [0.1, 0.15) is 59.4 Å². The van der Waals surface area contributed by atoms with Gasteiger partial charge in [0, 0.05) is 17.3 Å². The van der Waals surface area contributed by atoms with E-state index >= 15 is 0 Å². The molecule has 0 saturated heterocycles. The number of fused-ring (bicyclic) bond motifs is 1. The number of aryl methyl sites for hydroxylation is 1. The summed E-state index contributed by atoms with van der Waals surface area (Å²) < 4.78 is 16.1. The minimum absolute atomic E-state index is 0.0404. The van der Waals surface area contributed by atoms with Crippen molar-refractivity contribution in [3.8, 4) is 5.69 Å². The molecule has 1 heterocycles. The lowest BCUT2D eigenvalue weighted by molar-refractivity contribution is -0.142. The number of halogens is 1. The van der Waals surface area contributed by atoms with Gasteiger partial charge >= 0.3 is 5.97 Å². The van der Waals surface area contributed by atoms with Crippen LogP contribution >= 0.6 is 0 Å². The molecule has 1 aromatic heterocycles. The van der Waals surface area contributed by atoms with E-state index in [0.717, 1.165) is 36.1 Å². The largest absolute Gasteiger partial charge is 0.481 e. The quantitative estimate of drug-likeness (QED) is 0.847. The van der Waals surface area contributed by atoms with Gasteiger partial charge in [-0.25, -0.2) is 9.07 Å². The van der Waals surface area contributed by atoms with Crippen molar-refractivity contribution in [3.63, 3.8) is 0 Å². The molecule has 0 aliphatic heterocycles. The van der Waals surface area contributed by atoms with Crippen molar-refractivity contribution >= 4 is 11.9 Å². The monoisotopic (exact) mass is 385 g/mol. The van der Waals surface area contributed by atoms with Crippen molar-refractivity contribution in [3.05, 3.63) is 46.5 Å². The zero-order chi connectivity index (χ0) is 19.8. The highest BCUT2D eigenvalue weighted by molar-refractivity contribution is 5.94. The van der Waals surface area contributed by atoms with Crippen LogP contribution in [0.2, 0.25) is 0 Å². The van der Waals surface area contributed by atoms with E-state index in [-0.39, 0.29) is 23.7 Å². The first-order valence-electron chi connectivity index (χ1n) is 9.85. The van der Waals surface area contributed by atoms with Crippen molar-refractivity contribution in [2.75, 3.05) is 0 Å². The lowest BCUT2D eigenvalue weighted by Gasteiger charge is -2.26. The molecule has 2 aliphatic carbocycles. The van der Waals surface area contributed by atoms with Crippen LogP contribution in [-0.4, -0.2) is 32.8 Å². The van der Waals surface area contributed by atoms with Crippen LogP contribution in [0.25, 0.3) is 5.69 Å². The van der Waals surface area contributed by atoms with Gasteiger partial charge in [-0.2, -0.15) is 5.10 Å². The summed E-state index contributed by atoms with van der Waals surface area (Å²) in [4.78, 5) is 24.0. The Labute approximate surface area is 162 Å². The fourth-order valence-electron chi connectivity index (χ4n) is 4.34. The third-order valence-electron chi connectivity index (χ3n) is 5.89. The topological polar surface area (TPSA) is 84.2 Å². The lowest BCUT2D eigenvalue weighted by atomic mass is 9.86. The summed E-state index contributed by atoms with van der Waals surface area (Å²) in [6, 6.07) is 4.97. The molecule has 4 rings (SSSR count). The van der Waals surface area contributed by atoms with Crippen LogP contribution in [0.5, 0.6) is 0 Å². The zero-order valence-electron chi connectivity index (χ0n) is 15.9. The summed E-state index contributed by atoms with van der Waals surface area (Å²) in [7, 11) is 0. The van der Waals surface area contributed by atoms with Crippen molar-refractivity contribution in [2.24, 2.45) is 5.92 Å². The fourth-order valence-corrected chi connectivity index (χ4v) is 4.34. The lowest BCUT2D eigenvalue weighted by Crippen LogP contribution is -2.39. The minimum atomic E-state index is -0.763. The highest BCUT2D eigenvalue weighted by atomic mass is 19.1. The van der Waals surface area contributed by atoms with E-state index in [4.69, 9.17) is 5.11 Å². The van der Waals surface area contributed by atoms with Gasteiger partial charge < -0.3 is 10.4 Å². The maximum Gasteiger partial charge on any atom is 0.306 e. The molecule has 0 bridgehead atoms. The number of benzene rings is 1. The van der Waals surface area contributed by atoms with Crippen molar-refractivity contribution in [1.82, 2.24) is 15.1 Å². The third-order valence-corrected chi connectivity index (χ3v) is 5.89. The summed E-state index contributed by atoms with van der Waals surface area (Å²) >= 11 is 0. The van der Waals surface area contributed by atoms with E-state index in [2.05, 4.69) is 10.4 Å². The summed E-state index contributed by atoms with van der Waals surface area (Å²) in [5, 5.41) is 16.6. The average molecular weight is 385 g/mol. The van der Waals surface area contributed by atoms with Gasteiger partial charge in [-0.15, -0.1) is 0 Å². The molecule has 6 nitrogen and oxygen atoms in total. The molecule has 1 fully saturated rings. The third kappa shape index (κ3) is 3.41. The van der Waals surface area contributed by atoms with E-state index in [1.807, 2.05) is 13.0 Å². The second-order valence-electron chi connectivity index (χ2n) is 7.85. The number of carboxylic acid groups (broad SMARTS) is 1. The Bertz CT molecular complexity index is 929. The van der Waals surface area contributed by atoms with Gasteiger partial charge in [-0.1, -0.05) is 6.07 Å². The van der Waals surface area contributed by atoms with E-state index in [9.17, 15) is 14.0 Å². The summed E-state index contributed by atoms with van der Waals surface area (Å²) in [5.41, 5.74) is 3.37. The molecule has 2 aromatic rings. The van der Waals surface area contributed by atoms with Crippen molar-refractivity contribution < 1.29 is 19.1 Å². The van der Waals surface area contributed by atoms with Crippen molar-refractivity contribution in [1.29, 1.82) is 0 Å². The molecule has 148 valence electrons. The van der Waals surface area contributed by atoms with E-state index in [1.54, 1.807) is 10.7 Å². The molecular weight excluding hydrogens is 361 g/mol. The number of aliphatic carboxylic acids is 1. The number of rotatable bonds is 4. The SMILES string of the molecule is Cc1ccc(-n2nc(C(=O)NC3CCC(C(=O)O)CC3)c3c2CCC3)c(F)c1. The molecule has 0 spiro atoms. The highest BCUT2D eigenvalue weighted by Crippen LogP contribution is 2.30. The second-order valence-corrected chi connectivity index (χ2v) is 7.85. The first-order valence-corrected chi connectivity index (χ1v) is 9.85. The maximum atomic E-state index is 14.5. The van der Waals surface area contributed by atoms with Crippen LogP contribution in [0.15, 0.2) is 18.2 Å². The average Bonchev–Trinajstić information content (AvgIpc) is 3.25. The van der Waals surface area contributed by atoms with Gasteiger partial charge in [0.25, 0.3) is 5.91 Å². The van der Waals surface area contributed by atoms with Gasteiger partial charge in [-0.05, 0) is 69.6 Å². The van der Waals surface area contributed by atoms with Crippen LogP contribution in [0, 0.1) is 18.7 Å². The normalized spacial score (nSPS) is 21.4. The predicted molar refractivity (Wildman–Crippen MR) is 101 cm³/mol. The molecule has 0 unspecified atom stereocenters. The molecular formula is C21H24FN3O3. The smallest absolute Gasteiger partial charge is 0.306 e. The Morgan fingerprint density at radius 1 is 1.21 bits per heavy atom. The standard InChI is InChI=1S/C21H24FN3O3/c1-12-5-10-18(16(22)11-12)25-17-4-2-3-15(17)19(24-25)20(26)23-14-8-6-13(7-9-14)21(27)28/h5,10-11,13-14H,2-4,6-9H2,1H3,(H,23,26)(H,27,28). The molecule has 0 radical (unpaired) electrons. The molecule has 2 N–H and O–H groups in total. The number of amides is 1. The minimum Gasteiger partial charge on any atom is -0.481 e. The summed E-state index contributed by atoms with van der Waals surface area (Å²) in [6.07, 6.45) is 4.90. The predicted octanol–water partition coefficient (Wildman–Crippen LogP) is 3.18. The van der Waals surface area contributed by atoms with Crippen molar-refractivity contribution in [2.45, 2.75) is 57.9 Å². The van der Waals surface area contributed by atoms with Gasteiger partial charge in [0.05, 0.1) is 5.92 Å². The molecule has 28 heavy (non-hydrogen) atoms. The number of carbonyl (C=O) groups excluding carboxylic acids is 1. The number of nitrogens with one attached hydrogen (secondary N) is 1. The number of hydrogen-bond acceptors (Lipinski definition) is 3. The number of carbonyl (C=O) groups is 2. The van der Waals surface area contributed by atoms with Gasteiger partial charge in [0.15, 0.2) is 5.69 Å². The maximum absolute atomic E-state index is 14.5. The molecule has 0 atom stereocenters. The second kappa shape index (κ2) is 7.37. The fraction of sp³-hybridized carbons (Fsp3) is 0.476. The van der Waals surface area contributed by atoms with Gasteiger partial charge in [0.2, 0.25) is 0 Å². The molecule has 1 saturated carbocycles. The Morgan fingerprint density at radius 3 is 2.64 bits per heavy atom. The molecule has 7 heteroatoms. The molecule has 1 aromatic carbocycles. The Balaban J connectivity index is 1.56. The van der Waals surface area contributed by atoms with E-state index in [1.165, 1.54) is 6.07 Å². The first kappa shape index (κ1) is 18.7. The number of aromatic nitrogens is 2. The molecule has 1 amide bonds. The Kier molecular flexibility index (Phi) is 4.91. The van der Waals surface area contributed by atoms with Gasteiger partial charge in [-0.3, -0.25) is 9.59 Å². The Hall–Kier alpha value is -2.70. The molecule has 2 aliphatic rings. The van der Waals surface area contributed by atoms with E-state index < -0.39 is 5.97 Å². The number of hydrogen-bond donors (Lipinski definition) is 2. The van der Waals surface area contributed by atoms with Gasteiger partial charge in [0.1, 0.15) is 11.5 Å². The highest BCUT2D eigenvalue weighted by Gasteiger charge is 2.31. The van der Waals surface area contributed by atoms with Crippen LogP contribution in [-0.2, 0) is 17.6 Å². The number of carboxylic acids is 1. The van der Waals surface area contributed by atoms with Crippen LogP contribution in [0.4, 0.5) is 4.39 Å². The van der Waals surface area contributed by atoms with E-state index in [0.29, 0.717) is 37.1 Å². The van der Waals surface area contributed by atoms with Crippen LogP contribution in [0.3, 0.4) is 0 Å². The zero-order valence-corrected chi connectivity index (χ0v) is 15.9. The first-order chi connectivity index (χ1) is 13.4. The van der Waals surface area contributed by atoms with Crippen LogP contribution < -0.4 is 5.32 Å².